The highest BCUT2D eigenvalue weighted by Gasteiger charge is 2.20. The largest absolute Gasteiger partial charge is 0.398 e. The molecule has 0 amide bonds. The number of aryl methyl sites for hydroxylation is 2. The van der Waals surface area contributed by atoms with Gasteiger partial charge in [-0.25, -0.2) is 0 Å². The van der Waals surface area contributed by atoms with Crippen molar-refractivity contribution in [2.75, 3.05) is 15.5 Å². The van der Waals surface area contributed by atoms with Gasteiger partial charge in [0.2, 0.25) is 0 Å². The maximum atomic E-state index is 6.96. The van der Waals surface area contributed by atoms with Crippen LogP contribution in [-0.2, 0) is 0 Å². The van der Waals surface area contributed by atoms with Crippen LogP contribution in [0.25, 0.3) is 33.4 Å². The maximum Gasteiger partial charge on any atom is 0.0464 e. The van der Waals surface area contributed by atoms with E-state index in [1.54, 1.807) is 0 Å². The summed E-state index contributed by atoms with van der Waals surface area (Å²) in [5.74, 6) is 0. The van der Waals surface area contributed by atoms with Gasteiger partial charge in [0.15, 0.2) is 0 Å². The molecule has 0 aliphatic rings. The summed E-state index contributed by atoms with van der Waals surface area (Å²) in [4.78, 5) is 4.60. The van der Waals surface area contributed by atoms with Gasteiger partial charge in [-0.05, 0) is 132 Å². The summed E-state index contributed by atoms with van der Waals surface area (Å²) in [5.41, 5.74) is 23.3. The van der Waals surface area contributed by atoms with Gasteiger partial charge >= 0.3 is 0 Å². The molecule has 0 aliphatic carbocycles. The normalized spacial score (nSPS) is 10.7. The molecule has 0 spiro atoms. The summed E-state index contributed by atoms with van der Waals surface area (Å²) in [6.45, 7) is 4.27. The van der Waals surface area contributed by atoms with Crippen LogP contribution in [0.2, 0.25) is 0 Å². The van der Waals surface area contributed by atoms with E-state index >= 15 is 0 Å². The van der Waals surface area contributed by atoms with Gasteiger partial charge in [-0.15, -0.1) is 0 Å². The minimum atomic E-state index is 0. The van der Waals surface area contributed by atoms with Crippen LogP contribution in [0.3, 0.4) is 0 Å². The molecule has 4 nitrogen and oxygen atoms in total. The molecule has 8 rings (SSSR count). The van der Waals surface area contributed by atoms with Crippen molar-refractivity contribution in [3.63, 3.8) is 0 Å². The Balaban J connectivity index is 0.00000450. The second-order valence-corrected chi connectivity index (χ2v) is 13.4. The Bertz CT molecular complexity index is 2460. The molecule has 0 saturated heterocycles. The fourth-order valence-corrected chi connectivity index (χ4v) is 7.22. The SMILES string of the molecule is Cc1cccc(N(c2ccccc2)c2ccc(-c3c(N)ccc(-c4ccccc4)c3-c3ccc(N(c4ccccc4)c4cccc(C)c4)cc3)cc2)c1.N. The molecule has 0 fully saturated rings. The molecule has 0 unspecified atom stereocenters. The van der Waals surface area contributed by atoms with Crippen molar-refractivity contribution in [1.29, 1.82) is 0 Å². The monoisotopic (exact) mass is 700 g/mol. The van der Waals surface area contributed by atoms with Gasteiger partial charge in [0.25, 0.3) is 0 Å². The minimum absolute atomic E-state index is 0. The number of nitrogens with zero attached hydrogens (tertiary/aromatic N) is 2. The van der Waals surface area contributed by atoms with E-state index in [-0.39, 0.29) is 6.15 Å². The Morgan fingerprint density at radius 2 is 0.722 bits per heavy atom. The molecule has 264 valence electrons. The van der Waals surface area contributed by atoms with Crippen LogP contribution in [0, 0.1) is 13.8 Å². The number of nitrogen functional groups attached to an aromatic ring is 1. The highest BCUT2D eigenvalue weighted by molar-refractivity contribution is 6.00. The van der Waals surface area contributed by atoms with Crippen molar-refractivity contribution in [2.45, 2.75) is 13.8 Å². The van der Waals surface area contributed by atoms with E-state index < -0.39 is 0 Å². The molecule has 4 heteroatoms. The predicted molar refractivity (Wildman–Crippen MR) is 231 cm³/mol. The molecule has 0 saturated carbocycles. The van der Waals surface area contributed by atoms with Crippen LogP contribution < -0.4 is 21.7 Å². The molecule has 0 radical (unpaired) electrons. The zero-order chi connectivity index (χ0) is 36.1. The molecule has 8 aromatic rings. The third-order valence-electron chi connectivity index (χ3n) is 9.70. The van der Waals surface area contributed by atoms with Gasteiger partial charge in [0.1, 0.15) is 0 Å². The van der Waals surface area contributed by atoms with E-state index in [4.69, 9.17) is 5.73 Å². The summed E-state index contributed by atoms with van der Waals surface area (Å²) < 4.78 is 0. The van der Waals surface area contributed by atoms with Crippen molar-refractivity contribution >= 4 is 39.8 Å². The zero-order valence-electron chi connectivity index (χ0n) is 30.7. The van der Waals surface area contributed by atoms with Gasteiger partial charge in [0, 0.05) is 45.4 Å². The van der Waals surface area contributed by atoms with Crippen molar-refractivity contribution < 1.29 is 0 Å². The van der Waals surface area contributed by atoms with Crippen molar-refractivity contribution in [3.8, 4) is 33.4 Å². The predicted octanol–water partition coefficient (Wildman–Crippen LogP) is 14.0. The Hall–Kier alpha value is -6.88. The summed E-state index contributed by atoms with van der Waals surface area (Å²) >= 11 is 0. The van der Waals surface area contributed by atoms with Gasteiger partial charge in [0.05, 0.1) is 0 Å². The van der Waals surface area contributed by atoms with Crippen LogP contribution in [-0.4, -0.2) is 0 Å². The smallest absolute Gasteiger partial charge is 0.0464 e. The highest BCUT2D eigenvalue weighted by atomic mass is 15.1. The molecule has 0 atom stereocenters. The number of para-hydroxylation sites is 2. The average molecular weight is 701 g/mol. The topological polar surface area (TPSA) is 67.5 Å². The van der Waals surface area contributed by atoms with E-state index in [1.165, 1.54) is 11.1 Å². The molecule has 5 N–H and O–H groups in total. The second kappa shape index (κ2) is 15.8. The standard InChI is InChI=1S/C50H41N3.H3N/c1-36-14-12-22-45(34-36)52(41-18-8-4-9-19-41)43-28-24-39(25-29-43)49-47(38-16-6-3-7-17-38)32-33-48(51)50(49)40-26-30-44(31-27-40)53(42-20-10-5-11-21-42)46-23-13-15-37(2)35-46;/h3-35H,51H2,1-2H3;1H3. The molecule has 0 aliphatic heterocycles. The number of benzene rings is 8. The van der Waals surface area contributed by atoms with Gasteiger partial charge in [-0.3, -0.25) is 0 Å². The van der Waals surface area contributed by atoms with Gasteiger partial charge in [-0.1, -0.05) is 121 Å². The number of nitrogens with two attached hydrogens (primary N) is 1. The van der Waals surface area contributed by atoms with Crippen LogP contribution in [0.4, 0.5) is 39.8 Å². The number of hydrogen-bond donors (Lipinski definition) is 2. The molecule has 54 heavy (non-hydrogen) atoms. The van der Waals surface area contributed by atoms with Gasteiger partial charge in [-0.2, -0.15) is 0 Å². The van der Waals surface area contributed by atoms with E-state index in [2.05, 4.69) is 218 Å². The first kappa shape index (κ1) is 35.5. The second-order valence-electron chi connectivity index (χ2n) is 13.4. The Labute approximate surface area is 319 Å². The lowest BCUT2D eigenvalue weighted by Crippen LogP contribution is -2.10. The quantitative estimate of drug-likeness (QED) is 0.147. The van der Waals surface area contributed by atoms with Crippen LogP contribution in [0.15, 0.2) is 200 Å². The van der Waals surface area contributed by atoms with E-state index in [1.807, 2.05) is 6.07 Å². The van der Waals surface area contributed by atoms with Crippen LogP contribution in [0.1, 0.15) is 11.1 Å². The van der Waals surface area contributed by atoms with E-state index in [0.717, 1.165) is 73.2 Å². The average Bonchev–Trinajstić information content (AvgIpc) is 3.20. The first-order chi connectivity index (χ1) is 26.0. The number of hydrogen-bond acceptors (Lipinski definition) is 4. The van der Waals surface area contributed by atoms with Crippen molar-refractivity contribution in [3.05, 3.63) is 211 Å². The summed E-state index contributed by atoms with van der Waals surface area (Å²) in [7, 11) is 0. The first-order valence-corrected chi connectivity index (χ1v) is 18.1. The zero-order valence-corrected chi connectivity index (χ0v) is 30.7. The molecular formula is C50H44N4. The summed E-state index contributed by atoms with van der Waals surface area (Å²) in [6, 6.07) is 70.8. The Kier molecular flexibility index (Phi) is 10.4. The fraction of sp³-hybridized carbons (Fsp3) is 0.0400. The molecule has 0 bridgehead atoms. The fourth-order valence-electron chi connectivity index (χ4n) is 7.22. The third kappa shape index (κ3) is 7.24. The lowest BCUT2D eigenvalue weighted by molar-refractivity contribution is 1.27. The maximum absolute atomic E-state index is 6.96. The third-order valence-corrected chi connectivity index (χ3v) is 9.70. The number of anilines is 7. The minimum Gasteiger partial charge on any atom is -0.398 e. The first-order valence-electron chi connectivity index (χ1n) is 18.1. The lowest BCUT2D eigenvalue weighted by Gasteiger charge is -2.27. The van der Waals surface area contributed by atoms with Crippen molar-refractivity contribution in [1.82, 2.24) is 6.15 Å². The van der Waals surface area contributed by atoms with Crippen molar-refractivity contribution in [2.24, 2.45) is 0 Å². The van der Waals surface area contributed by atoms with Crippen LogP contribution in [0.5, 0.6) is 0 Å². The molecule has 0 aromatic heterocycles. The lowest BCUT2D eigenvalue weighted by atomic mass is 9.86. The molecule has 8 aromatic carbocycles. The summed E-state index contributed by atoms with van der Waals surface area (Å²) in [5, 5.41) is 0. The van der Waals surface area contributed by atoms with Crippen LogP contribution >= 0.6 is 0 Å². The Morgan fingerprint density at radius 3 is 1.17 bits per heavy atom. The summed E-state index contributed by atoms with van der Waals surface area (Å²) in [6.07, 6.45) is 0. The molecule has 0 heterocycles. The van der Waals surface area contributed by atoms with Gasteiger partial charge < -0.3 is 21.7 Å². The van der Waals surface area contributed by atoms with E-state index in [9.17, 15) is 0 Å². The van der Waals surface area contributed by atoms with E-state index in [0.29, 0.717) is 0 Å². The number of rotatable bonds is 9. The molecular weight excluding hydrogens is 657 g/mol. The highest BCUT2D eigenvalue weighted by Crippen LogP contribution is 2.45. The Morgan fingerprint density at radius 1 is 0.333 bits per heavy atom.